The molecule has 218 valence electrons. The number of aryl methyl sites for hydroxylation is 1. The highest BCUT2D eigenvalue weighted by Gasteiger charge is 2.41. The summed E-state index contributed by atoms with van der Waals surface area (Å²) < 4.78 is 38.4. The van der Waals surface area contributed by atoms with Crippen molar-refractivity contribution < 1.29 is 23.3 Å². The van der Waals surface area contributed by atoms with E-state index in [2.05, 4.69) is 59.7 Å². The lowest BCUT2D eigenvalue weighted by atomic mass is 9.78. The van der Waals surface area contributed by atoms with Gasteiger partial charge in [-0.25, -0.2) is 4.39 Å². The number of hydrogen-bond donors (Lipinski definition) is 0. The molecule has 0 spiro atoms. The predicted octanol–water partition coefficient (Wildman–Crippen LogP) is 8.57. The van der Waals surface area contributed by atoms with Crippen LogP contribution in [0.15, 0.2) is 77.5 Å². The van der Waals surface area contributed by atoms with Crippen LogP contribution in [0.3, 0.4) is 0 Å². The van der Waals surface area contributed by atoms with Crippen molar-refractivity contribution in [1.82, 2.24) is 0 Å². The molecule has 41 heavy (non-hydrogen) atoms. The van der Waals surface area contributed by atoms with Crippen molar-refractivity contribution in [3.8, 4) is 17.2 Å². The SMILES string of the molecule is CCOCC1(C)C(OCc2ccccc2)=CC(c2c(C)cc(C(C)(C)C)cc2Oc2ccc(F)cc2OC)=NC1C. The number of hydrogen-bond acceptors (Lipinski definition) is 5. The second-order valence-corrected chi connectivity index (χ2v) is 11.8. The zero-order chi connectivity index (χ0) is 29.8. The van der Waals surface area contributed by atoms with Gasteiger partial charge >= 0.3 is 0 Å². The highest BCUT2D eigenvalue weighted by molar-refractivity contribution is 6.12. The smallest absolute Gasteiger partial charge is 0.169 e. The van der Waals surface area contributed by atoms with E-state index < -0.39 is 11.2 Å². The zero-order valence-electron chi connectivity index (χ0n) is 25.5. The third-order valence-corrected chi connectivity index (χ3v) is 7.70. The summed E-state index contributed by atoms with van der Waals surface area (Å²) in [7, 11) is 1.50. The molecule has 0 bridgehead atoms. The van der Waals surface area contributed by atoms with E-state index in [0.29, 0.717) is 37.1 Å². The number of benzene rings is 3. The topological polar surface area (TPSA) is 49.3 Å². The van der Waals surface area contributed by atoms with Crippen molar-refractivity contribution in [2.45, 2.75) is 66.5 Å². The Hall–Kier alpha value is -3.64. The van der Waals surface area contributed by atoms with Gasteiger partial charge in [-0.15, -0.1) is 0 Å². The summed E-state index contributed by atoms with van der Waals surface area (Å²) in [5.74, 6) is 1.79. The molecule has 1 heterocycles. The van der Waals surface area contributed by atoms with Crippen LogP contribution in [0.4, 0.5) is 4.39 Å². The lowest BCUT2D eigenvalue weighted by molar-refractivity contribution is 0.0219. The van der Waals surface area contributed by atoms with E-state index in [4.69, 9.17) is 23.9 Å². The first-order chi connectivity index (χ1) is 19.5. The highest BCUT2D eigenvalue weighted by atomic mass is 19.1. The molecule has 0 aliphatic carbocycles. The van der Waals surface area contributed by atoms with Gasteiger partial charge in [0.1, 0.15) is 23.9 Å². The molecule has 2 unspecified atom stereocenters. The Balaban J connectivity index is 1.84. The van der Waals surface area contributed by atoms with Gasteiger partial charge in [0.05, 0.1) is 30.9 Å². The molecule has 0 aromatic heterocycles. The molecule has 3 aromatic rings. The van der Waals surface area contributed by atoms with Gasteiger partial charge in [0.2, 0.25) is 0 Å². The second kappa shape index (κ2) is 12.5. The fourth-order valence-electron chi connectivity index (χ4n) is 4.91. The van der Waals surface area contributed by atoms with Crippen molar-refractivity contribution in [1.29, 1.82) is 0 Å². The maximum atomic E-state index is 14.0. The molecule has 5 nitrogen and oxygen atoms in total. The van der Waals surface area contributed by atoms with Crippen LogP contribution in [-0.4, -0.2) is 32.1 Å². The van der Waals surface area contributed by atoms with Crippen LogP contribution in [-0.2, 0) is 21.5 Å². The number of rotatable bonds is 10. The molecular weight excluding hydrogens is 517 g/mol. The molecule has 0 fully saturated rings. The zero-order valence-corrected chi connectivity index (χ0v) is 25.5. The van der Waals surface area contributed by atoms with Gasteiger partial charge in [0.25, 0.3) is 0 Å². The van der Waals surface area contributed by atoms with E-state index in [1.807, 2.05) is 37.3 Å². The first kappa shape index (κ1) is 30.3. The summed E-state index contributed by atoms with van der Waals surface area (Å²) in [6.45, 7) is 16.3. The standard InChI is InChI=1S/C35H42FNO4/c1-9-39-22-35(7)24(3)37-28(20-32(35)40-21-25-13-11-10-12-14-25)33-23(2)17-26(34(4,5)6)18-31(33)41-29-16-15-27(36)19-30(29)38-8/h10-20,24H,9,21-22H2,1-8H3. The first-order valence-corrected chi connectivity index (χ1v) is 14.2. The third kappa shape index (κ3) is 6.82. The van der Waals surface area contributed by atoms with Crippen LogP contribution in [0.25, 0.3) is 0 Å². The largest absolute Gasteiger partial charge is 0.493 e. The lowest BCUT2D eigenvalue weighted by Gasteiger charge is -2.38. The summed E-state index contributed by atoms with van der Waals surface area (Å²) >= 11 is 0. The summed E-state index contributed by atoms with van der Waals surface area (Å²) in [5, 5.41) is 0. The number of methoxy groups -OCH3 is 1. The van der Waals surface area contributed by atoms with Gasteiger partial charge < -0.3 is 18.9 Å². The maximum absolute atomic E-state index is 14.0. The lowest BCUT2D eigenvalue weighted by Crippen LogP contribution is -2.40. The normalized spacial score (nSPS) is 18.9. The average molecular weight is 560 g/mol. The van der Waals surface area contributed by atoms with Crippen LogP contribution in [0.5, 0.6) is 17.2 Å². The number of allylic oxidation sites excluding steroid dienone is 1. The molecule has 0 saturated heterocycles. The molecule has 2 atom stereocenters. The van der Waals surface area contributed by atoms with Gasteiger partial charge in [0, 0.05) is 24.3 Å². The molecule has 6 heteroatoms. The number of nitrogens with zero attached hydrogens (tertiary/aromatic N) is 1. The minimum atomic E-state index is -0.450. The Bertz CT molecular complexity index is 1420. The van der Waals surface area contributed by atoms with Gasteiger partial charge in [0.15, 0.2) is 11.5 Å². The van der Waals surface area contributed by atoms with Gasteiger partial charge in [-0.1, -0.05) is 57.2 Å². The van der Waals surface area contributed by atoms with Crippen molar-refractivity contribution in [2.24, 2.45) is 10.4 Å². The third-order valence-electron chi connectivity index (χ3n) is 7.70. The fraction of sp³-hybridized carbons (Fsp3) is 0.400. The molecule has 0 saturated carbocycles. The Morgan fingerprint density at radius 3 is 2.37 bits per heavy atom. The summed E-state index contributed by atoms with van der Waals surface area (Å²) in [6.07, 6.45) is 2.02. The molecule has 3 aromatic carbocycles. The van der Waals surface area contributed by atoms with Crippen molar-refractivity contribution in [3.05, 3.63) is 101 Å². The van der Waals surface area contributed by atoms with Crippen LogP contribution in [0, 0.1) is 18.2 Å². The highest BCUT2D eigenvalue weighted by Crippen LogP contribution is 2.42. The van der Waals surface area contributed by atoms with E-state index in [0.717, 1.165) is 33.7 Å². The van der Waals surface area contributed by atoms with Crippen molar-refractivity contribution in [2.75, 3.05) is 20.3 Å². The Morgan fingerprint density at radius 2 is 1.71 bits per heavy atom. The minimum Gasteiger partial charge on any atom is -0.493 e. The van der Waals surface area contributed by atoms with Gasteiger partial charge in [-0.05, 0) is 68.0 Å². The summed E-state index contributed by atoms with van der Waals surface area (Å²) in [5.41, 5.74) is 4.28. The van der Waals surface area contributed by atoms with Gasteiger partial charge in [-0.2, -0.15) is 0 Å². The Kier molecular flexibility index (Phi) is 9.23. The molecule has 0 amide bonds. The summed E-state index contributed by atoms with van der Waals surface area (Å²) in [6, 6.07) is 18.5. The van der Waals surface area contributed by atoms with E-state index >= 15 is 0 Å². The van der Waals surface area contributed by atoms with Crippen LogP contribution in [0.2, 0.25) is 0 Å². The van der Waals surface area contributed by atoms with Crippen LogP contribution >= 0.6 is 0 Å². The molecule has 1 aliphatic heterocycles. The molecule has 1 aliphatic rings. The maximum Gasteiger partial charge on any atom is 0.169 e. The first-order valence-electron chi connectivity index (χ1n) is 14.2. The average Bonchev–Trinajstić information content (AvgIpc) is 2.93. The van der Waals surface area contributed by atoms with Crippen molar-refractivity contribution in [3.63, 3.8) is 0 Å². The number of ether oxygens (including phenoxy) is 4. The minimum absolute atomic E-state index is 0.119. The van der Waals surface area contributed by atoms with Crippen molar-refractivity contribution >= 4 is 5.71 Å². The van der Waals surface area contributed by atoms with E-state index in [9.17, 15) is 4.39 Å². The number of dihydropyridines is 1. The number of aliphatic imine (C=N–C) groups is 1. The van der Waals surface area contributed by atoms with Crippen LogP contribution < -0.4 is 9.47 Å². The fourth-order valence-corrected chi connectivity index (χ4v) is 4.91. The summed E-state index contributed by atoms with van der Waals surface area (Å²) in [4.78, 5) is 5.18. The molecular formula is C35H42FNO4. The monoisotopic (exact) mass is 559 g/mol. The molecule has 0 radical (unpaired) electrons. The molecule has 4 rings (SSSR count). The second-order valence-electron chi connectivity index (χ2n) is 11.8. The van der Waals surface area contributed by atoms with Crippen LogP contribution in [0.1, 0.15) is 63.8 Å². The van der Waals surface area contributed by atoms with E-state index in [1.54, 1.807) is 6.07 Å². The quantitative estimate of drug-likeness (QED) is 0.250. The Morgan fingerprint density at radius 1 is 0.976 bits per heavy atom. The van der Waals surface area contributed by atoms with E-state index in [-0.39, 0.29) is 11.5 Å². The predicted molar refractivity (Wildman–Crippen MR) is 163 cm³/mol. The Labute approximate surface area is 244 Å². The van der Waals surface area contributed by atoms with Gasteiger partial charge in [-0.3, -0.25) is 4.99 Å². The molecule has 0 N–H and O–H groups in total. The van der Waals surface area contributed by atoms with E-state index in [1.165, 1.54) is 19.2 Å². The number of halogens is 1.